The SMILES string of the molecule is Cn1c(=O)cnc2ccc(F)c(CCNCC3CN(c4ncc5c(n4)NC(=O)CO5)C(=O)O3)c21. The van der Waals surface area contributed by atoms with Crippen LogP contribution in [0.5, 0.6) is 5.75 Å². The Balaban J connectivity index is 1.21. The summed E-state index contributed by atoms with van der Waals surface area (Å²) in [6.45, 7) is 0.771. The molecule has 0 bridgehead atoms. The number of fused-ring (bicyclic) bond motifs is 2. The van der Waals surface area contributed by atoms with Gasteiger partial charge in [0.15, 0.2) is 18.2 Å². The van der Waals surface area contributed by atoms with Crippen LogP contribution in [0.3, 0.4) is 0 Å². The second-order valence-electron chi connectivity index (χ2n) is 7.84. The first kappa shape index (κ1) is 21.7. The zero-order valence-electron chi connectivity index (χ0n) is 18.1. The average Bonchev–Trinajstić information content (AvgIpc) is 3.20. The van der Waals surface area contributed by atoms with Crippen LogP contribution in [0.4, 0.5) is 21.0 Å². The Morgan fingerprint density at radius 2 is 2.09 bits per heavy atom. The van der Waals surface area contributed by atoms with Gasteiger partial charge < -0.3 is 24.7 Å². The first-order chi connectivity index (χ1) is 16.4. The summed E-state index contributed by atoms with van der Waals surface area (Å²) in [5, 5.41) is 5.72. The van der Waals surface area contributed by atoms with E-state index in [1.807, 2.05) is 0 Å². The highest BCUT2D eigenvalue weighted by molar-refractivity contribution is 5.94. The van der Waals surface area contributed by atoms with Crippen LogP contribution in [0.25, 0.3) is 11.0 Å². The summed E-state index contributed by atoms with van der Waals surface area (Å²) in [4.78, 5) is 49.4. The maximum atomic E-state index is 14.5. The van der Waals surface area contributed by atoms with Crippen LogP contribution >= 0.6 is 0 Å². The second-order valence-corrected chi connectivity index (χ2v) is 7.84. The highest BCUT2D eigenvalue weighted by Gasteiger charge is 2.34. The molecule has 5 rings (SSSR count). The normalized spacial score (nSPS) is 17.4. The molecule has 1 fully saturated rings. The summed E-state index contributed by atoms with van der Waals surface area (Å²) >= 11 is 0. The van der Waals surface area contributed by atoms with Crippen LogP contribution in [-0.4, -0.2) is 63.9 Å². The molecular formula is C21H20FN7O5. The minimum Gasteiger partial charge on any atom is -0.478 e. The Morgan fingerprint density at radius 3 is 2.94 bits per heavy atom. The number of rotatable bonds is 6. The maximum absolute atomic E-state index is 14.5. The molecule has 0 saturated carbocycles. The zero-order valence-corrected chi connectivity index (χ0v) is 18.1. The number of aromatic nitrogens is 4. The predicted octanol–water partition coefficient (Wildman–Crippen LogP) is 0.351. The fourth-order valence-corrected chi connectivity index (χ4v) is 3.90. The van der Waals surface area contributed by atoms with E-state index in [1.54, 1.807) is 7.05 Å². The molecule has 1 aromatic carbocycles. The van der Waals surface area contributed by atoms with Crippen molar-refractivity contribution in [2.75, 3.05) is 36.5 Å². The van der Waals surface area contributed by atoms with Gasteiger partial charge in [0, 0.05) is 19.2 Å². The smallest absolute Gasteiger partial charge is 0.417 e. The number of halogens is 1. The number of amides is 2. The van der Waals surface area contributed by atoms with E-state index in [0.29, 0.717) is 41.9 Å². The molecule has 0 spiro atoms. The van der Waals surface area contributed by atoms with Crippen LogP contribution < -0.4 is 25.8 Å². The molecule has 2 aliphatic rings. The first-order valence-electron chi connectivity index (χ1n) is 10.5. The van der Waals surface area contributed by atoms with Gasteiger partial charge in [-0.05, 0) is 25.1 Å². The van der Waals surface area contributed by atoms with E-state index < -0.39 is 18.0 Å². The van der Waals surface area contributed by atoms with Crippen molar-refractivity contribution < 1.29 is 23.5 Å². The lowest BCUT2D eigenvalue weighted by atomic mass is 10.1. The molecule has 0 radical (unpaired) electrons. The van der Waals surface area contributed by atoms with Gasteiger partial charge in [0.2, 0.25) is 5.95 Å². The lowest BCUT2D eigenvalue weighted by molar-refractivity contribution is -0.118. The minimum absolute atomic E-state index is 0.0864. The number of nitrogens with one attached hydrogen (secondary N) is 2. The summed E-state index contributed by atoms with van der Waals surface area (Å²) in [7, 11) is 1.58. The van der Waals surface area contributed by atoms with Crippen molar-refractivity contribution in [2.45, 2.75) is 12.5 Å². The number of ether oxygens (including phenoxy) is 2. The van der Waals surface area contributed by atoms with Gasteiger partial charge in [-0.3, -0.25) is 9.59 Å². The van der Waals surface area contributed by atoms with Crippen molar-refractivity contribution in [1.82, 2.24) is 24.8 Å². The van der Waals surface area contributed by atoms with Gasteiger partial charge in [-0.25, -0.2) is 24.1 Å². The Kier molecular flexibility index (Phi) is 5.53. The number of hydrogen-bond donors (Lipinski definition) is 2. The summed E-state index contributed by atoms with van der Waals surface area (Å²) < 4.78 is 26.5. The number of cyclic esters (lactones) is 1. The van der Waals surface area contributed by atoms with Gasteiger partial charge in [-0.1, -0.05) is 0 Å². The van der Waals surface area contributed by atoms with Gasteiger partial charge in [0.25, 0.3) is 11.5 Å². The fourth-order valence-electron chi connectivity index (χ4n) is 3.90. The van der Waals surface area contributed by atoms with Crippen LogP contribution in [0.1, 0.15) is 5.56 Å². The highest BCUT2D eigenvalue weighted by Crippen LogP contribution is 2.28. The molecule has 12 nitrogen and oxygen atoms in total. The van der Waals surface area contributed by atoms with Crippen molar-refractivity contribution >= 4 is 34.8 Å². The standard InChI is InChI=1S/C21H20FN7O5/c1-28-17(31)8-24-14-3-2-13(22)12(18(14)28)4-5-23-6-11-9-29(21(32)34-11)20-25-7-15-19(27-20)26-16(30)10-33-15/h2-3,7-8,11,23H,4-6,9-10H2,1H3,(H,25,26,27,30). The lowest BCUT2D eigenvalue weighted by Crippen LogP contribution is -2.33. The topological polar surface area (TPSA) is 141 Å². The van der Waals surface area contributed by atoms with E-state index in [1.165, 1.54) is 34.0 Å². The Morgan fingerprint density at radius 1 is 1.24 bits per heavy atom. The summed E-state index contributed by atoms with van der Waals surface area (Å²) in [5.41, 5.74) is 1.05. The van der Waals surface area contributed by atoms with E-state index in [4.69, 9.17) is 9.47 Å². The predicted molar refractivity (Wildman–Crippen MR) is 117 cm³/mol. The van der Waals surface area contributed by atoms with Crippen molar-refractivity contribution in [1.29, 1.82) is 0 Å². The number of aryl methyl sites for hydroxylation is 1. The molecule has 2 aromatic heterocycles. The number of benzene rings is 1. The molecule has 1 saturated heterocycles. The maximum Gasteiger partial charge on any atom is 0.417 e. The third kappa shape index (κ3) is 4.01. The molecule has 176 valence electrons. The molecule has 3 aromatic rings. The minimum atomic E-state index is -0.615. The zero-order chi connectivity index (χ0) is 23.8. The Hall–Kier alpha value is -4.13. The van der Waals surface area contributed by atoms with Crippen molar-refractivity contribution in [3.8, 4) is 5.75 Å². The molecule has 2 aliphatic heterocycles. The van der Waals surface area contributed by atoms with Crippen LogP contribution in [0, 0.1) is 5.82 Å². The number of carbonyl (C=O) groups is 2. The van der Waals surface area contributed by atoms with Crippen molar-refractivity contribution in [3.05, 3.63) is 46.3 Å². The van der Waals surface area contributed by atoms with E-state index in [-0.39, 0.29) is 36.4 Å². The van der Waals surface area contributed by atoms with E-state index in [2.05, 4.69) is 25.6 Å². The monoisotopic (exact) mass is 469 g/mol. The van der Waals surface area contributed by atoms with E-state index >= 15 is 0 Å². The summed E-state index contributed by atoms with van der Waals surface area (Å²) in [6.07, 6.45) is 1.80. The number of nitrogens with zero attached hydrogens (tertiary/aromatic N) is 5. The van der Waals surface area contributed by atoms with Gasteiger partial charge in [0.05, 0.1) is 30.0 Å². The molecule has 1 unspecified atom stereocenters. The molecule has 4 heterocycles. The Labute approximate surface area is 191 Å². The molecular weight excluding hydrogens is 449 g/mol. The number of carbonyl (C=O) groups excluding carboxylic acids is 2. The van der Waals surface area contributed by atoms with E-state index in [0.717, 1.165) is 0 Å². The molecule has 13 heteroatoms. The molecule has 34 heavy (non-hydrogen) atoms. The van der Waals surface area contributed by atoms with Gasteiger partial charge in [0.1, 0.15) is 11.9 Å². The number of anilines is 2. The third-order valence-electron chi connectivity index (χ3n) is 5.58. The molecule has 1 atom stereocenters. The quantitative estimate of drug-likeness (QED) is 0.489. The molecule has 2 amide bonds. The first-order valence-corrected chi connectivity index (χ1v) is 10.5. The van der Waals surface area contributed by atoms with Crippen LogP contribution in [0.15, 0.2) is 29.3 Å². The van der Waals surface area contributed by atoms with Gasteiger partial charge in [-0.2, -0.15) is 4.98 Å². The molecule has 0 aliphatic carbocycles. The van der Waals surface area contributed by atoms with Crippen LogP contribution in [0.2, 0.25) is 0 Å². The van der Waals surface area contributed by atoms with Crippen LogP contribution in [-0.2, 0) is 23.0 Å². The fraction of sp³-hybridized carbons (Fsp3) is 0.333. The average molecular weight is 469 g/mol. The summed E-state index contributed by atoms with van der Waals surface area (Å²) in [6, 6.07) is 2.87. The van der Waals surface area contributed by atoms with E-state index in [9.17, 15) is 18.8 Å². The van der Waals surface area contributed by atoms with Gasteiger partial charge >= 0.3 is 6.09 Å². The summed E-state index contributed by atoms with van der Waals surface area (Å²) in [5.74, 6) is -0.166. The highest BCUT2D eigenvalue weighted by atomic mass is 19.1. The largest absolute Gasteiger partial charge is 0.478 e. The molecule has 2 N–H and O–H groups in total. The second kappa shape index (κ2) is 8.67. The Bertz CT molecular complexity index is 1360. The van der Waals surface area contributed by atoms with Crippen molar-refractivity contribution in [2.24, 2.45) is 7.05 Å². The van der Waals surface area contributed by atoms with Crippen molar-refractivity contribution in [3.63, 3.8) is 0 Å². The van der Waals surface area contributed by atoms with Gasteiger partial charge in [-0.15, -0.1) is 0 Å². The number of hydrogen-bond acceptors (Lipinski definition) is 9. The lowest BCUT2D eigenvalue weighted by Gasteiger charge is -2.18. The third-order valence-corrected chi connectivity index (χ3v) is 5.58.